The minimum Gasteiger partial charge on any atom is -0.391 e. The number of likely N-dealkylation sites (tertiary alicyclic amines) is 1. The Labute approximate surface area is 674 Å². The van der Waals surface area contributed by atoms with Crippen molar-refractivity contribution >= 4 is 76.8 Å². The Hall–Kier alpha value is -9.35. The average Bonchev–Trinajstić information content (AvgIpc) is 1.57. The minimum atomic E-state index is -1.92. The van der Waals surface area contributed by atoms with Gasteiger partial charge in [0.25, 0.3) is 0 Å². The van der Waals surface area contributed by atoms with E-state index in [1.54, 1.807) is 126 Å². The van der Waals surface area contributed by atoms with E-state index in [1.165, 1.54) is 75.7 Å². The monoisotopic (exact) mass is 1590 g/mol. The molecule has 0 aromatic heterocycles. The number of fused-ring (bicyclic) bond motifs is 1. The highest BCUT2D eigenvalue weighted by molar-refractivity contribution is 6.01. The third-order valence-electron chi connectivity index (χ3n) is 22.9. The lowest BCUT2D eigenvalue weighted by molar-refractivity contribution is -0.150. The quantitative estimate of drug-likeness (QED) is 0.0600. The Kier molecular flexibility index (Phi) is 35.6. The molecule has 630 valence electrons. The van der Waals surface area contributed by atoms with Crippen molar-refractivity contribution in [2.75, 3.05) is 61.9 Å². The summed E-state index contributed by atoms with van der Waals surface area (Å²) in [5, 5.41) is 40.1. The molecule has 114 heavy (non-hydrogen) atoms. The molecular formula is C85H130N14O15. The van der Waals surface area contributed by atoms with Crippen molar-refractivity contribution in [3.63, 3.8) is 0 Å². The van der Waals surface area contributed by atoms with Crippen LogP contribution in [-0.4, -0.2) is 279 Å². The molecule has 3 heterocycles. The normalized spacial score (nSPS) is 24.2. The molecule has 29 nitrogen and oxygen atoms in total. The van der Waals surface area contributed by atoms with Gasteiger partial charge in [0.15, 0.2) is 0 Å². The van der Waals surface area contributed by atoms with E-state index in [0.717, 1.165) is 34.0 Å². The first kappa shape index (κ1) is 93.5. The zero-order chi connectivity index (χ0) is 84.9. The predicted molar refractivity (Wildman–Crippen MR) is 433 cm³/mol. The molecule has 3 saturated heterocycles. The predicted octanol–water partition coefficient (Wildman–Crippen LogP) is 3.66. The van der Waals surface area contributed by atoms with E-state index in [9.17, 15) is 24.6 Å². The van der Waals surface area contributed by atoms with Crippen LogP contribution in [-0.2, 0) is 81.6 Å². The van der Waals surface area contributed by atoms with E-state index in [2.05, 4.69) is 31.9 Å². The fourth-order valence-electron chi connectivity index (χ4n) is 15.0. The number of aliphatic hydroxyl groups excluding tert-OH is 2. The van der Waals surface area contributed by atoms with Gasteiger partial charge < -0.3 is 76.4 Å². The molecule has 6 rings (SSSR count). The third kappa shape index (κ3) is 24.8. The molecule has 3 fully saturated rings. The number of carbonyl (C=O) groups is 13. The van der Waals surface area contributed by atoms with Crippen molar-refractivity contribution < 1.29 is 72.5 Å². The van der Waals surface area contributed by atoms with Crippen LogP contribution in [0.4, 0.5) is 0 Å². The molecule has 0 spiro atoms. The van der Waals surface area contributed by atoms with Crippen molar-refractivity contribution in [2.45, 2.75) is 258 Å². The maximum Gasteiger partial charge on any atom is 0.248 e. The number of aliphatic hydroxyl groups is 2. The number of nitrogens with one attached hydrogen (secondary N) is 6. The summed E-state index contributed by atoms with van der Waals surface area (Å²) in [5.74, 6) is -12.3. The number of hydrogen-bond acceptors (Lipinski definition) is 16. The molecule has 0 radical (unpaired) electrons. The number of hydrogen-bond donors (Lipinski definition) is 8. The fraction of sp³-hybridized carbons (Fsp3) is 0.635. The van der Waals surface area contributed by atoms with Crippen molar-refractivity contribution in [2.24, 2.45) is 29.6 Å². The highest BCUT2D eigenvalue weighted by Gasteiger charge is 2.47. The van der Waals surface area contributed by atoms with E-state index < -0.39 is 186 Å². The number of benzene rings is 3. The van der Waals surface area contributed by atoms with Gasteiger partial charge in [0.2, 0.25) is 76.8 Å². The smallest absolute Gasteiger partial charge is 0.248 e. The van der Waals surface area contributed by atoms with E-state index >= 15 is 47.9 Å². The summed E-state index contributed by atoms with van der Waals surface area (Å²) in [4.78, 5) is 208. The van der Waals surface area contributed by atoms with Gasteiger partial charge in [-0.05, 0) is 106 Å². The largest absolute Gasteiger partial charge is 0.391 e. The topological polar surface area (TPSA) is 360 Å². The Morgan fingerprint density at radius 1 is 0.535 bits per heavy atom. The number of likely N-dealkylation sites (N-methyl/N-ethyl adjacent to an activating group) is 6. The van der Waals surface area contributed by atoms with Gasteiger partial charge in [-0.15, -0.1) is 0 Å². The average molecular weight is 1590 g/mol. The van der Waals surface area contributed by atoms with Gasteiger partial charge in [0.1, 0.15) is 78.7 Å². The van der Waals surface area contributed by atoms with Gasteiger partial charge >= 0.3 is 0 Å². The molecule has 0 bridgehead atoms. The molecule has 16 atom stereocenters. The highest BCUT2D eigenvalue weighted by Crippen LogP contribution is 2.27. The second kappa shape index (κ2) is 43.4. The van der Waals surface area contributed by atoms with Gasteiger partial charge in [-0.2, -0.15) is 0 Å². The van der Waals surface area contributed by atoms with Crippen LogP contribution in [0, 0.1) is 29.6 Å². The number of piperidine rings is 1. The molecule has 3 aliphatic heterocycles. The van der Waals surface area contributed by atoms with E-state index in [1.807, 2.05) is 46.4 Å². The second-order valence-corrected chi connectivity index (χ2v) is 33.1. The summed E-state index contributed by atoms with van der Waals surface area (Å²) in [6, 6.07) is 8.58. The van der Waals surface area contributed by atoms with Crippen LogP contribution >= 0.6 is 0 Å². The summed E-state index contributed by atoms with van der Waals surface area (Å²) in [6.45, 7) is 23.6. The van der Waals surface area contributed by atoms with E-state index in [0.29, 0.717) is 42.6 Å². The van der Waals surface area contributed by atoms with Gasteiger partial charge in [0, 0.05) is 81.2 Å². The maximum absolute atomic E-state index is 15.7. The lowest BCUT2D eigenvalue weighted by atomic mass is 9.95. The summed E-state index contributed by atoms with van der Waals surface area (Å²) >= 11 is 0. The Morgan fingerprint density at radius 2 is 1.02 bits per heavy atom. The lowest BCUT2D eigenvalue weighted by Crippen LogP contribution is -2.63. The number of rotatable bonds is 25. The summed E-state index contributed by atoms with van der Waals surface area (Å²) < 4.78 is 0. The first-order valence-electron chi connectivity index (χ1n) is 40.7. The number of amides is 13. The summed E-state index contributed by atoms with van der Waals surface area (Å²) in [5.41, 5.74) is 1.79. The SMILES string of the molecule is CC[C@H](C)[C@H](NC(=O)[C@H](C)N(C)C(=O)[C@H](CC(C)C)N(C)C(=O)[C@@H](NC(=O)C1CC(=O)N(C)[C@@H](C)C(=O)N[C@@H]([C@@H](C)O)C(=O)N(C)[C@@H](Cc2ccccc2)C(=O)N[C@@H](C(C)C)C(=O)N2CCC[C@H]2C(=O)N(C)C(Cc2ccccc2)C(=O)N[C@@H](CC(C)C)C(=O)N(C)[C@@H](Cc2ccccc2)C(=O)N1)C(C)C)C(O)N1CCCCC1. The van der Waals surface area contributed by atoms with Gasteiger partial charge in [-0.25, -0.2) is 0 Å². The van der Waals surface area contributed by atoms with Crippen LogP contribution < -0.4 is 31.9 Å². The highest BCUT2D eigenvalue weighted by atomic mass is 16.3. The molecule has 3 aromatic carbocycles. The van der Waals surface area contributed by atoms with Gasteiger partial charge in [0.05, 0.1) is 18.6 Å². The standard InChI is InChI=1S/C85H130N14O15/c1-20-54(10)71(84(113)98-41-31-24-32-42-98)90-74(103)56(12)93(15)81(110)67(45-51(4)5)97(19)82(111)69(52(6)7)88-75(104)61-49-68(101)92(14)55(11)73(102)91-72(57(13)100)83(112)96(18)66(48-60-38-29-23-30-39-60)78(107)89-70(53(8)9)85(114)99-43-33-40-63(99)80(109)95(17)65(47-59-36-27-22-28-37-59)77(106)87-62(44-50(2)3)79(108)94(16)64(76(105)86-61)46-58-34-25-21-26-35-58/h21-23,25-30,34-39,50-57,61-67,69-72,84,100,113H,20,24,31-33,40-49H2,1-19H3,(H,86,105)(H,87,106)(H,88,104)(H,89,107)(H,90,103)(H,91,102)/t54-,55-,56-,57+,61?,62-,63-,64-,65?,66-,67-,69-,70-,71-,72-,84?/m0/s1. The van der Waals surface area contributed by atoms with Gasteiger partial charge in [-0.3, -0.25) is 67.2 Å². The van der Waals surface area contributed by atoms with Crippen LogP contribution in [0.2, 0.25) is 0 Å². The molecular weight excluding hydrogens is 1460 g/mol. The van der Waals surface area contributed by atoms with Crippen molar-refractivity contribution in [1.29, 1.82) is 0 Å². The summed E-state index contributed by atoms with van der Waals surface area (Å²) in [6.07, 6.45) is 0.263. The van der Waals surface area contributed by atoms with Gasteiger partial charge in [-0.1, -0.05) is 173 Å². The Morgan fingerprint density at radius 3 is 1.49 bits per heavy atom. The number of nitrogens with zero attached hydrogens (tertiary/aromatic N) is 8. The van der Waals surface area contributed by atoms with Crippen LogP contribution in [0.1, 0.15) is 164 Å². The lowest BCUT2D eigenvalue weighted by Gasteiger charge is -2.40. The van der Waals surface area contributed by atoms with E-state index in [4.69, 9.17) is 0 Å². The molecule has 3 aromatic rings. The number of carbonyl (C=O) groups excluding carboxylic acids is 13. The minimum absolute atomic E-state index is 0.0133. The molecule has 0 aliphatic carbocycles. The van der Waals surface area contributed by atoms with Crippen molar-refractivity contribution in [1.82, 2.24) is 71.1 Å². The fourth-order valence-corrected chi connectivity index (χ4v) is 15.0. The van der Waals surface area contributed by atoms with Crippen LogP contribution in [0.5, 0.6) is 0 Å². The maximum atomic E-state index is 15.7. The molecule has 13 amide bonds. The zero-order valence-electron chi connectivity index (χ0n) is 70.6. The molecule has 3 unspecified atom stereocenters. The zero-order valence-corrected chi connectivity index (χ0v) is 70.6. The van der Waals surface area contributed by atoms with Crippen LogP contribution in [0.15, 0.2) is 91.0 Å². The summed E-state index contributed by atoms with van der Waals surface area (Å²) in [7, 11) is 8.22. The third-order valence-corrected chi connectivity index (χ3v) is 22.9. The first-order valence-corrected chi connectivity index (χ1v) is 40.7. The van der Waals surface area contributed by atoms with Crippen molar-refractivity contribution in [3.8, 4) is 0 Å². The Bertz CT molecular complexity index is 3750. The molecule has 29 heteroatoms. The first-order chi connectivity index (χ1) is 53.7. The Balaban J connectivity index is 1.46. The molecule has 8 N–H and O–H groups in total. The van der Waals surface area contributed by atoms with E-state index in [-0.39, 0.29) is 62.8 Å². The molecule has 3 aliphatic rings. The van der Waals surface area contributed by atoms with Crippen LogP contribution in [0.3, 0.4) is 0 Å². The second-order valence-electron chi connectivity index (χ2n) is 33.1. The molecule has 0 saturated carbocycles. The van der Waals surface area contributed by atoms with Crippen molar-refractivity contribution in [3.05, 3.63) is 108 Å². The van der Waals surface area contributed by atoms with Crippen LogP contribution in [0.25, 0.3) is 0 Å².